The summed E-state index contributed by atoms with van der Waals surface area (Å²) >= 11 is 2.66. The highest BCUT2D eigenvalue weighted by molar-refractivity contribution is 7.16. The van der Waals surface area contributed by atoms with E-state index >= 15 is 0 Å². The molecule has 0 fully saturated rings. The maximum Gasteiger partial charge on any atom is 0.163 e. The van der Waals surface area contributed by atoms with Gasteiger partial charge in [-0.25, -0.2) is 9.97 Å². The number of furan rings is 2. The van der Waals surface area contributed by atoms with Crippen molar-refractivity contribution in [2.75, 3.05) is 0 Å². The van der Waals surface area contributed by atoms with E-state index in [1.54, 1.807) is 12.4 Å². The van der Waals surface area contributed by atoms with Gasteiger partial charge in [-0.15, -0.1) is 22.7 Å². The number of nitriles is 4. The Balaban J connectivity index is 1.44. The molecule has 0 saturated heterocycles. The molecule has 5 aromatic rings. The Labute approximate surface area is 237 Å². The predicted octanol–water partition coefficient (Wildman–Crippen LogP) is 7.70. The summed E-state index contributed by atoms with van der Waals surface area (Å²) in [5.41, 5.74) is 1.75. The van der Waals surface area contributed by atoms with Gasteiger partial charge in [-0.2, -0.15) is 21.0 Å². The van der Waals surface area contributed by atoms with Gasteiger partial charge in [-0.1, -0.05) is 0 Å². The molecule has 0 aromatic carbocycles. The third-order valence-corrected chi connectivity index (χ3v) is 7.59. The van der Waals surface area contributed by atoms with Crippen LogP contribution in [0, 0.1) is 45.3 Å². The molecule has 0 spiro atoms. The van der Waals surface area contributed by atoms with Gasteiger partial charge in [0.1, 0.15) is 35.4 Å². The van der Waals surface area contributed by atoms with Crippen LogP contribution in [0.1, 0.15) is 29.6 Å². The summed E-state index contributed by atoms with van der Waals surface area (Å²) in [6.45, 7) is 4.15. The first-order valence-corrected chi connectivity index (χ1v) is 13.4. The van der Waals surface area contributed by atoms with Crippen LogP contribution in [0.2, 0.25) is 0 Å². The zero-order chi connectivity index (χ0) is 28.2. The summed E-state index contributed by atoms with van der Waals surface area (Å²) in [5, 5.41) is 37.3. The molecule has 0 saturated carbocycles. The minimum absolute atomic E-state index is 0.0120. The summed E-state index contributed by atoms with van der Waals surface area (Å²) in [6.07, 6.45) is 6.21. The fraction of sp³-hybridized carbons (Fsp3) is 0.103. The highest BCUT2D eigenvalue weighted by Gasteiger charge is 2.20. The molecule has 9 nitrogen and oxygen atoms in total. The van der Waals surface area contributed by atoms with Crippen LogP contribution in [0.3, 0.4) is 0 Å². The van der Waals surface area contributed by atoms with Crippen molar-refractivity contribution in [3.63, 3.8) is 0 Å². The molecule has 5 rings (SSSR count). The highest BCUT2D eigenvalue weighted by Crippen LogP contribution is 2.38. The first-order valence-electron chi connectivity index (χ1n) is 11.8. The maximum atomic E-state index is 8.99. The van der Waals surface area contributed by atoms with Crippen molar-refractivity contribution in [3.05, 3.63) is 69.7 Å². The largest absolute Gasteiger partial charge is 0.452 e. The number of thiazole rings is 2. The molecule has 0 aliphatic carbocycles. The molecule has 0 unspecified atom stereocenters. The lowest BCUT2D eigenvalue weighted by Crippen LogP contribution is -2.04. The summed E-state index contributed by atoms with van der Waals surface area (Å²) < 4.78 is 14.5. The molecule has 5 heterocycles. The average molecular weight is 560 g/mol. The number of allylic oxidation sites excluding steroid dienone is 2. The predicted molar refractivity (Wildman–Crippen MR) is 151 cm³/mol. The van der Waals surface area contributed by atoms with E-state index in [-0.39, 0.29) is 17.2 Å². The summed E-state index contributed by atoms with van der Waals surface area (Å²) in [7, 11) is 0. The Kier molecular flexibility index (Phi) is 7.27. The first-order chi connectivity index (χ1) is 19.4. The van der Waals surface area contributed by atoms with Crippen LogP contribution < -0.4 is 0 Å². The Morgan fingerprint density at radius 2 is 1.10 bits per heavy atom. The molecule has 0 amide bonds. The van der Waals surface area contributed by atoms with E-state index in [9.17, 15) is 0 Å². The van der Waals surface area contributed by atoms with Crippen molar-refractivity contribution in [1.29, 1.82) is 21.0 Å². The van der Waals surface area contributed by atoms with Crippen molar-refractivity contribution in [3.8, 4) is 68.7 Å². The second-order valence-electron chi connectivity index (χ2n) is 8.59. The average Bonchev–Trinajstić information content (AvgIpc) is 3.78. The Hall–Kier alpha value is -5.46. The van der Waals surface area contributed by atoms with E-state index in [2.05, 4.69) is 28.4 Å². The maximum absolute atomic E-state index is 8.99. The van der Waals surface area contributed by atoms with E-state index < -0.39 is 0 Å². The molecule has 0 N–H and O–H groups in total. The van der Waals surface area contributed by atoms with Crippen LogP contribution in [0.25, 0.3) is 56.6 Å². The fourth-order valence-corrected chi connectivity index (χ4v) is 5.63. The van der Waals surface area contributed by atoms with Crippen molar-refractivity contribution >= 4 is 34.8 Å². The van der Waals surface area contributed by atoms with Crippen LogP contribution in [0.4, 0.5) is 0 Å². The van der Waals surface area contributed by atoms with Gasteiger partial charge in [0.25, 0.3) is 0 Å². The topological polar surface area (TPSA) is 152 Å². The van der Waals surface area contributed by atoms with Gasteiger partial charge in [0.15, 0.2) is 33.1 Å². The Morgan fingerprint density at radius 3 is 1.48 bits per heavy atom. The standard InChI is InChI=1S/C29H17N7O2S2/c1-17(2)36-22(24-5-7-26(37-24)28-34-15-20(39-28)9-18(11-30)12-31)3-4-23(36)25-6-8-27(38-25)29-35-16-21(40-29)10-19(13-32)14-33/h3-10,15-17H,1-2H3. The fourth-order valence-electron chi connectivity index (χ4n) is 3.99. The smallest absolute Gasteiger partial charge is 0.163 e. The SMILES string of the molecule is CC(C)n1c(-c2ccc(-c3ncc(C=C(C#N)C#N)s3)o2)ccc1-c1ccc(-c2ncc(C=C(C#N)C#N)s2)o1. The molecule has 192 valence electrons. The molecular weight excluding hydrogens is 543 g/mol. The number of hydrogen-bond acceptors (Lipinski definition) is 10. The molecule has 0 bridgehead atoms. The monoisotopic (exact) mass is 559 g/mol. The zero-order valence-electron chi connectivity index (χ0n) is 21.1. The third-order valence-electron chi connectivity index (χ3n) is 5.68. The Bertz CT molecular complexity index is 1780. The third kappa shape index (κ3) is 5.12. The number of hydrogen-bond donors (Lipinski definition) is 0. The van der Waals surface area contributed by atoms with Gasteiger partial charge < -0.3 is 13.4 Å². The molecule has 0 atom stereocenters. The van der Waals surface area contributed by atoms with Gasteiger partial charge in [-0.3, -0.25) is 0 Å². The van der Waals surface area contributed by atoms with Crippen LogP contribution in [-0.2, 0) is 0 Å². The summed E-state index contributed by atoms with van der Waals surface area (Å²) in [5.74, 6) is 2.48. The zero-order valence-corrected chi connectivity index (χ0v) is 22.7. The summed E-state index contributed by atoms with van der Waals surface area (Å²) in [6, 6.07) is 18.9. The molecule has 5 aromatic heterocycles. The van der Waals surface area contributed by atoms with Gasteiger partial charge in [-0.05, 0) is 62.4 Å². The lowest BCUT2D eigenvalue weighted by Gasteiger charge is -2.15. The second kappa shape index (κ2) is 11.1. The van der Waals surface area contributed by atoms with Crippen LogP contribution in [0.5, 0.6) is 0 Å². The highest BCUT2D eigenvalue weighted by atomic mass is 32.1. The quantitative estimate of drug-likeness (QED) is 0.184. The van der Waals surface area contributed by atoms with E-state index in [4.69, 9.17) is 29.9 Å². The first kappa shape index (κ1) is 26.2. The Morgan fingerprint density at radius 1 is 0.700 bits per heavy atom. The molecule has 0 aliphatic heterocycles. The number of nitrogens with zero attached hydrogens (tertiary/aromatic N) is 7. The van der Waals surface area contributed by atoms with Crippen molar-refractivity contribution in [2.45, 2.75) is 19.9 Å². The minimum atomic E-state index is 0.0120. The number of aromatic nitrogens is 3. The van der Waals surface area contributed by atoms with Gasteiger partial charge in [0, 0.05) is 28.2 Å². The molecule has 40 heavy (non-hydrogen) atoms. The molecular formula is C29H17N7O2S2. The van der Waals surface area contributed by atoms with E-state index in [0.717, 1.165) is 11.4 Å². The van der Waals surface area contributed by atoms with Crippen LogP contribution in [-0.4, -0.2) is 14.5 Å². The van der Waals surface area contributed by atoms with Gasteiger partial charge in [0.2, 0.25) is 0 Å². The van der Waals surface area contributed by atoms with Crippen molar-refractivity contribution in [2.24, 2.45) is 0 Å². The van der Waals surface area contributed by atoms with Crippen molar-refractivity contribution < 1.29 is 8.83 Å². The lowest BCUT2D eigenvalue weighted by molar-refractivity contribution is 0.552. The van der Waals surface area contributed by atoms with E-state index in [0.29, 0.717) is 42.8 Å². The second-order valence-corrected chi connectivity index (χ2v) is 10.7. The normalized spacial score (nSPS) is 10.4. The van der Waals surface area contributed by atoms with Gasteiger partial charge >= 0.3 is 0 Å². The molecule has 0 radical (unpaired) electrons. The molecule has 11 heteroatoms. The van der Waals surface area contributed by atoms with Crippen LogP contribution >= 0.6 is 22.7 Å². The van der Waals surface area contributed by atoms with E-state index in [1.165, 1.54) is 34.8 Å². The van der Waals surface area contributed by atoms with E-state index in [1.807, 2.05) is 60.7 Å². The number of rotatable bonds is 7. The van der Waals surface area contributed by atoms with Gasteiger partial charge in [0.05, 0.1) is 11.4 Å². The molecule has 0 aliphatic rings. The minimum Gasteiger partial charge on any atom is -0.452 e. The van der Waals surface area contributed by atoms with Crippen molar-refractivity contribution in [1.82, 2.24) is 14.5 Å². The van der Waals surface area contributed by atoms with Crippen LogP contribution in [0.15, 0.2) is 68.8 Å². The lowest BCUT2D eigenvalue weighted by atomic mass is 10.3. The summed E-state index contributed by atoms with van der Waals surface area (Å²) in [4.78, 5) is 10.1.